The molecule has 1 unspecified atom stereocenters. The van der Waals surface area contributed by atoms with Gasteiger partial charge in [0.25, 0.3) is 5.91 Å². The van der Waals surface area contributed by atoms with Crippen LogP contribution < -0.4 is 0 Å². The van der Waals surface area contributed by atoms with Crippen LogP contribution in [0.2, 0.25) is 0 Å². The maximum absolute atomic E-state index is 13.1. The van der Waals surface area contributed by atoms with Crippen LogP contribution in [-0.2, 0) is 0 Å². The number of fused-ring (bicyclic) bond motifs is 1. The number of nitrogens with zero attached hydrogens (tertiary/aromatic N) is 2. The van der Waals surface area contributed by atoms with Crippen molar-refractivity contribution in [2.75, 3.05) is 7.05 Å². The molecule has 122 valence electrons. The van der Waals surface area contributed by atoms with E-state index in [-0.39, 0.29) is 11.9 Å². The van der Waals surface area contributed by atoms with Gasteiger partial charge in [-0.25, -0.2) is 0 Å². The van der Waals surface area contributed by atoms with Crippen molar-refractivity contribution in [1.82, 2.24) is 9.88 Å². The third kappa shape index (κ3) is 3.02. The molecule has 1 aromatic heterocycles. The molecule has 3 heteroatoms. The molecule has 3 nitrogen and oxygen atoms in total. The third-order valence-corrected chi connectivity index (χ3v) is 4.51. The molecule has 0 spiro atoms. The highest BCUT2D eigenvalue weighted by Crippen LogP contribution is 2.25. The van der Waals surface area contributed by atoms with Crippen LogP contribution in [0, 0.1) is 13.8 Å². The standard InChI is InChI=1S/C21H22N2O/c1-14-10-11-20-18(12-14)19(13-15(2)22-20)21(24)23(4)16(3)17-8-6-5-7-9-17/h5-13,16H,1-4H3. The topological polar surface area (TPSA) is 33.2 Å². The number of hydrogen-bond donors (Lipinski definition) is 0. The van der Waals surface area contributed by atoms with E-state index >= 15 is 0 Å². The van der Waals surface area contributed by atoms with E-state index in [9.17, 15) is 4.79 Å². The Kier molecular flexibility index (Phi) is 4.34. The SMILES string of the molecule is Cc1ccc2nc(C)cc(C(=O)N(C)C(C)c3ccccc3)c2c1. The van der Waals surface area contributed by atoms with Gasteiger partial charge in [0, 0.05) is 18.1 Å². The Bertz CT molecular complexity index is 887. The molecule has 0 aliphatic heterocycles. The molecule has 0 aliphatic rings. The van der Waals surface area contributed by atoms with Crippen molar-refractivity contribution < 1.29 is 4.79 Å². The fraction of sp³-hybridized carbons (Fsp3) is 0.238. The predicted molar refractivity (Wildman–Crippen MR) is 98.2 cm³/mol. The van der Waals surface area contributed by atoms with Crippen LogP contribution in [0.15, 0.2) is 54.6 Å². The quantitative estimate of drug-likeness (QED) is 0.702. The van der Waals surface area contributed by atoms with Crippen molar-refractivity contribution in [3.05, 3.63) is 77.0 Å². The number of pyridine rings is 1. The highest BCUT2D eigenvalue weighted by Gasteiger charge is 2.21. The van der Waals surface area contributed by atoms with Gasteiger partial charge in [-0.1, -0.05) is 42.0 Å². The normalized spacial score (nSPS) is 12.2. The van der Waals surface area contributed by atoms with Gasteiger partial charge in [0.1, 0.15) is 0 Å². The van der Waals surface area contributed by atoms with E-state index in [0.717, 1.165) is 27.7 Å². The minimum absolute atomic E-state index is 0.00651. The highest BCUT2D eigenvalue weighted by atomic mass is 16.2. The monoisotopic (exact) mass is 318 g/mol. The van der Waals surface area contributed by atoms with E-state index in [1.165, 1.54) is 0 Å². The lowest BCUT2D eigenvalue weighted by molar-refractivity contribution is 0.0744. The van der Waals surface area contributed by atoms with Gasteiger partial charge in [-0.15, -0.1) is 0 Å². The fourth-order valence-corrected chi connectivity index (χ4v) is 2.97. The summed E-state index contributed by atoms with van der Waals surface area (Å²) in [5.74, 6) is 0.0208. The minimum atomic E-state index is 0.00651. The van der Waals surface area contributed by atoms with Crippen LogP contribution in [0.1, 0.15) is 40.1 Å². The predicted octanol–water partition coefficient (Wildman–Crippen LogP) is 4.68. The zero-order chi connectivity index (χ0) is 17.3. The smallest absolute Gasteiger partial charge is 0.254 e. The largest absolute Gasteiger partial charge is 0.335 e. The third-order valence-electron chi connectivity index (χ3n) is 4.51. The van der Waals surface area contributed by atoms with E-state index < -0.39 is 0 Å². The molecule has 0 radical (unpaired) electrons. The van der Waals surface area contributed by atoms with Gasteiger partial charge in [0.05, 0.1) is 17.1 Å². The summed E-state index contributed by atoms with van der Waals surface area (Å²) in [6, 6.07) is 18.0. The summed E-state index contributed by atoms with van der Waals surface area (Å²) in [7, 11) is 1.86. The van der Waals surface area contributed by atoms with Gasteiger partial charge in [-0.05, 0) is 44.5 Å². The molecule has 1 atom stereocenters. The molecule has 0 fully saturated rings. The van der Waals surface area contributed by atoms with Crippen molar-refractivity contribution in [2.24, 2.45) is 0 Å². The second-order valence-corrected chi connectivity index (χ2v) is 6.33. The van der Waals surface area contributed by atoms with E-state index in [2.05, 4.69) is 24.0 Å². The van der Waals surface area contributed by atoms with E-state index in [4.69, 9.17) is 0 Å². The summed E-state index contributed by atoms with van der Waals surface area (Å²) in [4.78, 5) is 19.5. The van der Waals surface area contributed by atoms with Gasteiger partial charge >= 0.3 is 0 Å². The molecule has 2 aromatic carbocycles. The first-order valence-electron chi connectivity index (χ1n) is 8.17. The fourth-order valence-electron chi connectivity index (χ4n) is 2.97. The first-order valence-corrected chi connectivity index (χ1v) is 8.17. The van der Waals surface area contributed by atoms with E-state index in [0.29, 0.717) is 5.56 Å². The van der Waals surface area contributed by atoms with Crippen molar-refractivity contribution in [2.45, 2.75) is 26.8 Å². The van der Waals surface area contributed by atoms with Crippen LogP contribution in [0.5, 0.6) is 0 Å². The second kappa shape index (κ2) is 6.44. The molecule has 0 saturated carbocycles. The molecule has 24 heavy (non-hydrogen) atoms. The Morgan fingerprint density at radius 1 is 1.04 bits per heavy atom. The second-order valence-electron chi connectivity index (χ2n) is 6.33. The molecule has 1 heterocycles. The first kappa shape index (κ1) is 16.2. The number of carbonyl (C=O) groups excluding carboxylic acids is 1. The Hall–Kier alpha value is -2.68. The number of benzene rings is 2. The molecular weight excluding hydrogens is 296 g/mol. The van der Waals surface area contributed by atoms with Gasteiger partial charge < -0.3 is 4.90 Å². The molecule has 0 saturated heterocycles. The zero-order valence-corrected chi connectivity index (χ0v) is 14.6. The van der Waals surface area contributed by atoms with Gasteiger partial charge in [-0.2, -0.15) is 0 Å². The summed E-state index contributed by atoms with van der Waals surface area (Å²) in [5, 5.41) is 0.915. The maximum atomic E-state index is 13.1. The van der Waals surface area contributed by atoms with E-state index in [1.807, 2.05) is 63.4 Å². The van der Waals surface area contributed by atoms with Crippen LogP contribution >= 0.6 is 0 Å². The Labute approximate surface area is 143 Å². The molecule has 0 N–H and O–H groups in total. The Morgan fingerprint density at radius 2 is 1.75 bits per heavy atom. The summed E-state index contributed by atoms with van der Waals surface area (Å²) >= 11 is 0. The van der Waals surface area contributed by atoms with Crippen molar-refractivity contribution in [3.8, 4) is 0 Å². The van der Waals surface area contributed by atoms with Crippen molar-refractivity contribution in [3.63, 3.8) is 0 Å². The lowest BCUT2D eigenvalue weighted by Crippen LogP contribution is -2.30. The average Bonchev–Trinajstić information content (AvgIpc) is 2.60. The summed E-state index contributed by atoms with van der Waals surface area (Å²) in [6.45, 7) is 6.01. The minimum Gasteiger partial charge on any atom is -0.335 e. The van der Waals surface area contributed by atoms with Gasteiger partial charge in [-0.3, -0.25) is 9.78 Å². The van der Waals surface area contributed by atoms with Gasteiger partial charge in [0.15, 0.2) is 0 Å². The maximum Gasteiger partial charge on any atom is 0.254 e. The zero-order valence-electron chi connectivity index (χ0n) is 14.6. The molecule has 0 bridgehead atoms. The molecule has 3 aromatic rings. The van der Waals surface area contributed by atoms with Crippen molar-refractivity contribution >= 4 is 16.8 Å². The summed E-state index contributed by atoms with van der Waals surface area (Å²) in [6.07, 6.45) is 0. The number of aryl methyl sites for hydroxylation is 2. The van der Waals surface area contributed by atoms with Gasteiger partial charge in [0.2, 0.25) is 0 Å². The molecular formula is C21H22N2O. The van der Waals surface area contributed by atoms with Crippen molar-refractivity contribution in [1.29, 1.82) is 0 Å². The Balaban J connectivity index is 2.03. The highest BCUT2D eigenvalue weighted by molar-refractivity contribution is 6.06. The van der Waals surface area contributed by atoms with Crippen LogP contribution in [0.3, 0.4) is 0 Å². The lowest BCUT2D eigenvalue weighted by Gasteiger charge is -2.26. The molecule has 3 rings (SSSR count). The number of amides is 1. The van der Waals surface area contributed by atoms with Crippen LogP contribution in [0.25, 0.3) is 10.9 Å². The van der Waals surface area contributed by atoms with Crippen LogP contribution in [-0.4, -0.2) is 22.8 Å². The molecule has 0 aliphatic carbocycles. The van der Waals surface area contributed by atoms with Crippen LogP contribution in [0.4, 0.5) is 0 Å². The number of rotatable bonds is 3. The average molecular weight is 318 g/mol. The number of hydrogen-bond acceptors (Lipinski definition) is 2. The van der Waals surface area contributed by atoms with E-state index in [1.54, 1.807) is 4.90 Å². The number of aromatic nitrogens is 1. The Morgan fingerprint density at radius 3 is 2.46 bits per heavy atom. The summed E-state index contributed by atoms with van der Waals surface area (Å²) in [5.41, 5.74) is 4.69. The first-order chi connectivity index (χ1) is 11.5. The lowest BCUT2D eigenvalue weighted by atomic mass is 10.0. The number of carbonyl (C=O) groups is 1. The summed E-state index contributed by atoms with van der Waals surface area (Å²) < 4.78 is 0. The molecule has 1 amide bonds.